The fourth-order valence-corrected chi connectivity index (χ4v) is 1.81. The van der Waals surface area contributed by atoms with Gasteiger partial charge in [-0.2, -0.15) is 14.0 Å². The van der Waals surface area contributed by atoms with Gasteiger partial charge in [-0.3, -0.25) is 4.79 Å². The zero-order valence-corrected chi connectivity index (χ0v) is 11.9. The Morgan fingerprint density at radius 3 is 2.74 bits per heavy atom. The summed E-state index contributed by atoms with van der Waals surface area (Å²) in [6.07, 6.45) is 1.85. The van der Waals surface area contributed by atoms with Gasteiger partial charge in [0, 0.05) is 6.54 Å². The molecule has 7 nitrogen and oxygen atoms in total. The van der Waals surface area contributed by atoms with Gasteiger partial charge in [-0.25, -0.2) is 9.67 Å². The average Bonchev–Trinajstić information content (AvgIpc) is 2.96. The van der Waals surface area contributed by atoms with E-state index in [0.29, 0.717) is 13.0 Å². The number of nitrogens with one attached hydrogen (secondary N) is 1. The van der Waals surface area contributed by atoms with Crippen molar-refractivity contribution < 1.29 is 18.3 Å². The maximum atomic E-state index is 12.0. The molecule has 0 bridgehead atoms. The molecule has 9 heteroatoms. The summed E-state index contributed by atoms with van der Waals surface area (Å²) in [5.41, 5.74) is 0.874. The Morgan fingerprint density at radius 2 is 2.13 bits per heavy atom. The number of benzene rings is 1. The van der Waals surface area contributed by atoms with Gasteiger partial charge in [0.15, 0.2) is 0 Å². The molecule has 0 aliphatic heterocycles. The first kappa shape index (κ1) is 16.4. The molecule has 0 aliphatic rings. The van der Waals surface area contributed by atoms with Crippen LogP contribution in [0.4, 0.5) is 8.78 Å². The van der Waals surface area contributed by atoms with E-state index in [9.17, 15) is 13.6 Å². The van der Waals surface area contributed by atoms with Crippen LogP contribution in [0.3, 0.4) is 0 Å². The lowest BCUT2D eigenvalue weighted by Gasteiger charge is -2.07. The Kier molecular flexibility index (Phi) is 5.57. The van der Waals surface area contributed by atoms with Crippen LogP contribution < -0.4 is 10.1 Å². The number of halogens is 2. The molecule has 1 N–H and O–H groups in total. The summed E-state index contributed by atoms with van der Waals surface area (Å²) in [5, 5.41) is 15.0. The highest BCUT2D eigenvalue weighted by atomic mass is 19.3. The molecule has 1 aromatic carbocycles. The number of ether oxygens (including phenoxy) is 1. The molecular weight excluding hydrogens is 308 g/mol. The standard InChI is InChI=1S/C14H13F2N5O2/c15-14(16)23-11-3-1-10(2-4-11)5-6-18-13(22)8-21-9-19-12(7-17)20-21/h1-4,9,14H,5-6,8H2,(H,18,22). The van der Waals surface area contributed by atoms with Crippen molar-refractivity contribution in [3.63, 3.8) is 0 Å². The normalized spacial score (nSPS) is 10.3. The van der Waals surface area contributed by atoms with Crippen LogP contribution in [0.2, 0.25) is 0 Å². The minimum Gasteiger partial charge on any atom is -0.435 e. The highest BCUT2D eigenvalue weighted by molar-refractivity contribution is 5.75. The van der Waals surface area contributed by atoms with Crippen molar-refractivity contribution in [2.75, 3.05) is 6.54 Å². The molecule has 0 atom stereocenters. The van der Waals surface area contributed by atoms with Crippen molar-refractivity contribution in [3.8, 4) is 11.8 Å². The number of rotatable bonds is 7. The molecular formula is C14H13F2N5O2. The molecule has 120 valence electrons. The van der Waals surface area contributed by atoms with Gasteiger partial charge in [-0.1, -0.05) is 12.1 Å². The summed E-state index contributed by atoms with van der Waals surface area (Å²) in [5.74, 6) is -0.173. The van der Waals surface area contributed by atoms with E-state index < -0.39 is 6.61 Å². The van der Waals surface area contributed by atoms with E-state index in [2.05, 4.69) is 20.1 Å². The SMILES string of the molecule is N#Cc1ncn(CC(=O)NCCc2ccc(OC(F)F)cc2)n1. The molecule has 1 aromatic heterocycles. The predicted molar refractivity (Wildman–Crippen MR) is 74.5 cm³/mol. The second-order valence-electron chi connectivity index (χ2n) is 4.50. The Morgan fingerprint density at radius 1 is 1.39 bits per heavy atom. The number of nitriles is 1. The molecule has 0 unspecified atom stereocenters. The molecule has 0 fully saturated rings. The van der Waals surface area contributed by atoms with E-state index in [1.165, 1.54) is 23.1 Å². The van der Waals surface area contributed by atoms with Crippen molar-refractivity contribution in [1.29, 1.82) is 5.26 Å². The van der Waals surface area contributed by atoms with Crippen molar-refractivity contribution in [2.45, 2.75) is 19.6 Å². The summed E-state index contributed by atoms with van der Waals surface area (Å²) in [4.78, 5) is 15.4. The predicted octanol–water partition coefficient (Wildman–Crippen LogP) is 1.11. The lowest BCUT2D eigenvalue weighted by Crippen LogP contribution is -2.29. The van der Waals surface area contributed by atoms with Gasteiger partial charge in [-0.05, 0) is 24.1 Å². The number of amides is 1. The highest BCUT2D eigenvalue weighted by Crippen LogP contribution is 2.14. The monoisotopic (exact) mass is 321 g/mol. The van der Waals surface area contributed by atoms with Crippen LogP contribution >= 0.6 is 0 Å². The summed E-state index contributed by atoms with van der Waals surface area (Å²) in [7, 11) is 0. The minimum absolute atomic E-state index is 0.00362. The number of carbonyl (C=O) groups is 1. The van der Waals surface area contributed by atoms with Crippen LogP contribution in [0.15, 0.2) is 30.6 Å². The fraction of sp³-hybridized carbons (Fsp3) is 0.286. The number of hydrogen-bond donors (Lipinski definition) is 1. The molecule has 0 spiro atoms. The van der Waals surface area contributed by atoms with Gasteiger partial charge in [0.2, 0.25) is 5.91 Å². The maximum absolute atomic E-state index is 12.0. The molecule has 0 radical (unpaired) electrons. The minimum atomic E-state index is -2.85. The molecule has 2 aromatic rings. The van der Waals surface area contributed by atoms with Crippen LogP contribution in [-0.4, -0.2) is 33.8 Å². The zero-order valence-electron chi connectivity index (χ0n) is 11.9. The van der Waals surface area contributed by atoms with Gasteiger partial charge < -0.3 is 10.1 Å². The topological polar surface area (TPSA) is 92.8 Å². The number of carbonyl (C=O) groups excluding carboxylic acids is 1. The van der Waals surface area contributed by atoms with E-state index in [0.717, 1.165) is 5.56 Å². The van der Waals surface area contributed by atoms with Crippen LogP contribution in [0.25, 0.3) is 0 Å². The quantitative estimate of drug-likeness (QED) is 0.824. The van der Waals surface area contributed by atoms with Gasteiger partial charge in [0.1, 0.15) is 24.7 Å². The third-order valence-electron chi connectivity index (χ3n) is 2.83. The Hall–Kier alpha value is -3.02. The van der Waals surface area contributed by atoms with E-state index >= 15 is 0 Å². The fourth-order valence-electron chi connectivity index (χ4n) is 1.81. The lowest BCUT2D eigenvalue weighted by molar-refractivity contribution is -0.121. The number of nitrogens with zero attached hydrogens (tertiary/aromatic N) is 4. The zero-order chi connectivity index (χ0) is 16.7. The molecule has 0 saturated heterocycles. The first-order chi connectivity index (χ1) is 11.1. The number of alkyl halides is 2. The van der Waals surface area contributed by atoms with Crippen LogP contribution in [0, 0.1) is 11.3 Å². The average molecular weight is 321 g/mol. The second kappa shape index (κ2) is 7.84. The van der Waals surface area contributed by atoms with E-state index in [-0.39, 0.29) is 24.0 Å². The largest absolute Gasteiger partial charge is 0.435 e. The van der Waals surface area contributed by atoms with Crippen molar-refractivity contribution in [2.24, 2.45) is 0 Å². The lowest BCUT2D eigenvalue weighted by atomic mass is 10.1. The third kappa shape index (κ3) is 5.35. The number of aromatic nitrogens is 3. The van der Waals surface area contributed by atoms with E-state index in [4.69, 9.17) is 5.26 Å². The molecule has 0 saturated carbocycles. The van der Waals surface area contributed by atoms with Gasteiger partial charge in [0.05, 0.1) is 0 Å². The highest BCUT2D eigenvalue weighted by Gasteiger charge is 2.06. The van der Waals surface area contributed by atoms with Crippen LogP contribution in [0.5, 0.6) is 5.75 Å². The smallest absolute Gasteiger partial charge is 0.387 e. The summed E-state index contributed by atoms with van der Waals surface area (Å²) < 4.78 is 29.5. The third-order valence-corrected chi connectivity index (χ3v) is 2.83. The maximum Gasteiger partial charge on any atom is 0.387 e. The first-order valence-corrected chi connectivity index (χ1v) is 6.67. The van der Waals surface area contributed by atoms with Crippen LogP contribution in [-0.2, 0) is 17.8 Å². The Labute approximate surface area is 130 Å². The molecule has 1 amide bonds. The van der Waals surface area contributed by atoms with E-state index in [1.54, 1.807) is 18.2 Å². The second-order valence-corrected chi connectivity index (χ2v) is 4.50. The summed E-state index contributed by atoms with van der Waals surface area (Å²) in [6, 6.07) is 7.97. The molecule has 2 rings (SSSR count). The first-order valence-electron chi connectivity index (χ1n) is 6.67. The van der Waals surface area contributed by atoms with Crippen molar-refractivity contribution >= 4 is 5.91 Å². The van der Waals surface area contributed by atoms with Crippen molar-refractivity contribution in [1.82, 2.24) is 20.1 Å². The van der Waals surface area contributed by atoms with Gasteiger partial charge in [-0.15, -0.1) is 5.10 Å². The van der Waals surface area contributed by atoms with E-state index in [1.807, 2.05) is 0 Å². The molecule has 23 heavy (non-hydrogen) atoms. The molecule has 0 aliphatic carbocycles. The Balaban J connectivity index is 1.73. The molecule has 1 heterocycles. The number of hydrogen-bond acceptors (Lipinski definition) is 5. The van der Waals surface area contributed by atoms with Crippen molar-refractivity contribution in [3.05, 3.63) is 42.0 Å². The van der Waals surface area contributed by atoms with Gasteiger partial charge in [0.25, 0.3) is 5.82 Å². The summed E-state index contributed by atoms with van der Waals surface area (Å²) in [6.45, 7) is -2.50. The Bertz CT molecular complexity index is 694. The van der Waals surface area contributed by atoms with Gasteiger partial charge >= 0.3 is 6.61 Å². The summed E-state index contributed by atoms with van der Waals surface area (Å²) >= 11 is 0. The van der Waals surface area contributed by atoms with Crippen LogP contribution in [0.1, 0.15) is 11.4 Å².